The van der Waals surface area contributed by atoms with Crippen molar-refractivity contribution >= 4 is 11.8 Å². The molecule has 70 valence electrons. The molecule has 5 nitrogen and oxygen atoms in total. The minimum Gasteiger partial charge on any atom is -0.375 e. The molecule has 0 rings (SSSR count). The van der Waals surface area contributed by atoms with Crippen LogP contribution in [0.4, 0.5) is 0 Å². The van der Waals surface area contributed by atoms with Crippen LogP contribution in [-0.2, 0) is 14.3 Å². The Morgan fingerprint density at radius 1 is 1.50 bits per heavy atom. The minimum absolute atomic E-state index is 0.0522. The Labute approximate surface area is 71.3 Å². The molecule has 0 aromatic rings. The maximum atomic E-state index is 10.7. The van der Waals surface area contributed by atoms with Gasteiger partial charge in [-0.25, -0.2) is 0 Å². The van der Waals surface area contributed by atoms with E-state index in [4.69, 9.17) is 5.73 Å². The Balaban J connectivity index is 3.19. The van der Waals surface area contributed by atoms with E-state index in [9.17, 15) is 9.59 Å². The monoisotopic (exact) mass is 174 g/mol. The standard InChI is InChI=1S/C7H14N2O3/c1-12-5-7(11)9-4-2-3-6(8)10/h2-5H2,1H3,(H2,8,10)(H,9,11). The number of nitrogens with two attached hydrogens (primary N) is 1. The van der Waals surface area contributed by atoms with Crippen molar-refractivity contribution < 1.29 is 14.3 Å². The maximum absolute atomic E-state index is 10.7. The van der Waals surface area contributed by atoms with Crippen LogP contribution in [0.25, 0.3) is 0 Å². The van der Waals surface area contributed by atoms with E-state index in [2.05, 4.69) is 10.1 Å². The molecule has 0 heterocycles. The zero-order valence-corrected chi connectivity index (χ0v) is 7.13. The molecule has 0 spiro atoms. The lowest BCUT2D eigenvalue weighted by Gasteiger charge is -2.02. The summed E-state index contributed by atoms with van der Waals surface area (Å²) in [6.07, 6.45) is 0.873. The molecule has 5 heteroatoms. The molecule has 0 bridgehead atoms. The van der Waals surface area contributed by atoms with Crippen LogP contribution < -0.4 is 11.1 Å². The van der Waals surface area contributed by atoms with Gasteiger partial charge in [0.2, 0.25) is 11.8 Å². The molecule has 0 aromatic carbocycles. The predicted octanol–water partition coefficient (Wildman–Crippen LogP) is -0.985. The lowest BCUT2D eigenvalue weighted by molar-refractivity contribution is -0.125. The van der Waals surface area contributed by atoms with Crippen LogP contribution in [0.5, 0.6) is 0 Å². The van der Waals surface area contributed by atoms with E-state index in [0.717, 1.165) is 0 Å². The molecule has 0 aliphatic rings. The van der Waals surface area contributed by atoms with Crippen molar-refractivity contribution in [2.45, 2.75) is 12.8 Å². The number of hydrogen-bond acceptors (Lipinski definition) is 3. The first kappa shape index (κ1) is 10.9. The van der Waals surface area contributed by atoms with Crippen LogP contribution >= 0.6 is 0 Å². The summed E-state index contributed by atoms with van der Waals surface area (Å²) in [6, 6.07) is 0. The summed E-state index contributed by atoms with van der Waals surface area (Å²) in [4.78, 5) is 21.0. The molecule has 0 radical (unpaired) electrons. The van der Waals surface area contributed by atoms with Gasteiger partial charge in [-0.15, -0.1) is 0 Å². The van der Waals surface area contributed by atoms with Gasteiger partial charge in [0.05, 0.1) is 0 Å². The fourth-order valence-corrected chi connectivity index (χ4v) is 0.673. The van der Waals surface area contributed by atoms with Crippen molar-refractivity contribution in [3.63, 3.8) is 0 Å². The number of amides is 2. The summed E-state index contributed by atoms with van der Waals surface area (Å²) in [7, 11) is 1.45. The van der Waals surface area contributed by atoms with Gasteiger partial charge in [-0.2, -0.15) is 0 Å². The summed E-state index contributed by atoms with van der Waals surface area (Å²) in [6.45, 7) is 0.516. The highest BCUT2D eigenvalue weighted by atomic mass is 16.5. The van der Waals surface area contributed by atoms with Gasteiger partial charge in [-0.3, -0.25) is 9.59 Å². The zero-order chi connectivity index (χ0) is 9.40. The van der Waals surface area contributed by atoms with Crippen molar-refractivity contribution in [3.8, 4) is 0 Å². The second-order valence-electron chi connectivity index (χ2n) is 2.35. The Hall–Kier alpha value is -1.10. The van der Waals surface area contributed by atoms with E-state index in [1.54, 1.807) is 0 Å². The predicted molar refractivity (Wildman–Crippen MR) is 43.3 cm³/mol. The normalized spacial score (nSPS) is 9.42. The molecule has 0 fully saturated rings. The Kier molecular flexibility index (Phi) is 6.00. The Bertz CT molecular complexity index is 159. The lowest BCUT2D eigenvalue weighted by Crippen LogP contribution is -2.28. The highest BCUT2D eigenvalue weighted by Crippen LogP contribution is 1.83. The lowest BCUT2D eigenvalue weighted by atomic mass is 10.3. The number of primary amides is 1. The average Bonchev–Trinajstić information content (AvgIpc) is 1.98. The summed E-state index contributed by atoms with van der Waals surface area (Å²) in [5.74, 6) is -0.530. The maximum Gasteiger partial charge on any atom is 0.245 e. The smallest absolute Gasteiger partial charge is 0.245 e. The Morgan fingerprint density at radius 2 is 2.17 bits per heavy atom. The van der Waals surface area contributed by atoms with E-state index >= 15 is 0 Å². The molecule has 0 saturated carbocycles. The number of carbonyl (C=O) groups excluding carboxylic acids is 2. The second-order valence-corrected chi connectivity index (χ2v) is 2.35. The first-order chi connectivity index (χ1) is 5.66. The van der Waals surface area contributed by atoms with E-state index in [1.165, 1.54) is 7.11 Å². The van der Waals surface area contributed by atoms with Crippen LogP contribution in [0, 0.1) is 0 Å². The Morgan fingerprint density at radius 3 is 2.67 bits per heavy atom. The molecular formula is C7H14N2O3. The van der Waals surface area contributed by atoms with E-state index < -0.39 is 0 Å². The van der Waals surface area contributed by atoms with Crippen LogP contribution in [0.3, 0.4) is 0 Å². The topological polar surface area (TPSA) is 81.4 Å². The van der Waals surface area contributed by atoms with E-state index in [0.29, 0.717) is 19.4 Å². The van der Waals surface area contributed by atoms with Gasteiger partial charge in [-0.1, -0.05) is 0 Å². The van der Waals surface area contributed by atoms with Crippen molar-refractivity contribution in [2.24, 2.45) is 5.73 Å². The molecule has 0 atom stereocenters. The quantitative estimate of drug-likeness (QED) is 0.507. The third-order valence-corrected chi connectivity index (χ3v) is 1.20. The molecule has 0 aliphatic heterocycles. The SMILES string of the molecule is COCC(=O)NCCCC(N)=O. The first-order valence-corrected chi connectivity index (χ1v) is 3.70. The highest BCUT2D eigenvalue weighted by Gasteiger charge is 1.98. The van der Waals surface area contributed by atoms with Crippen LogP contribution in [-0.4, -0.2) is 32.1 Å². The molecular weight excluding hydrogens is 160 g/mol. The van der Waals surface area contributed by atoms with Crippen LogP contribution in [0.15, 0.2) is 0 Å². The fraction of sp³-hybridized carbons (Fsp3) is 0.714. The highest BCUT2D eigenvalue weighted by molar-refractivity contribution is 5.77. The van der Waals surface area contributed by atoms with Crippen molar-refractivity contribution in [1.82, 2.24) is 5.32 Å². The number of methoxy groups -OCH3 is 1. The van der Waals surface area contributed by atoms with Crippen molar-refractivity contribution in [2.75, 3.05) is 20.3 Å². The molecule has 12 heavy (non-hydrogen) atoms. The van der Waals surface area contributed by atoms with Gasteiger partial charge < -0.3 is 15.8 Å². The van der Waals surface area contributed by atoms with Crippen LogP contribution in [0.1, 0.15) is 12.8 Å². The third kappa shape index (κ3) is 7.01. The van der Waals surface area contributed by atoms with Gasteiger partial charge in [0, 0.05) is 20.1 Å². The molecule has 3 N–H and O–H groups in total. The number of carbonyl (C=O) groups is 2. The second kappa shape index (κ2) is 6.60. The summed E-state index contributed by atoms with van der Waals surface area (Å²) >= 11 is 0. The van der Waals surface area contributed by atoms with Gasteiger partial charge in [0.15, 0.2) is 0 Å². The minimum atomic E-state index is -0.351. The summed E-state index contributed by atoms with van der Waals surface area (Å²) in [5, 5.41) is 2.57. The van der Waals surface area contributed by atoms with Crippen molar-refractivity contribution in [3.05, 3.63) is 0 Å². The van der Waals surface area contributed by atoms with Crippen molar-refractivity contribution in [1.29, 1.82) is 0 Å². The van der Waals surface area contributed by atoms with Gasteiger partial charge in [0.1, 0.15) is 6.61 Å². The molecule has 2 amide bonds. The number of ether oxygens (including phenoxy) is 1. The number of rotatable bonds is 6. The summed E-state index contributed by atoms with van der Waals surface area (Å²) in [5.41, 5.74) is 4.89. The average molecular weight is 174 g/mol. The fourth-order valence-electron chi connectivity index (χ4n) is 0.673. The number of hydrogen-bond donors (Lipinski definition) is 2. The first-order valence-electron chi connectivity index (χ1n) is 3.70. The van der Waals surface area contributed by atoms with E-state index in [1.807, 2.05) is 0 Å². The molecule has 0 aromatic heterocycles. The van der Waals surface area contributed by atoms with Gasteiger partial charge in [-0.05, 0) is 6.42 Å². The van der Waals surface area contributed by atoms with E-state index in [-0.39, 0.29) is 18.4 Å². The largest absolute Gasteiger partial charge is 0.375 e. The number of nitrogens with one attached hydrogen (secondary N) is 1. The third-order valence-electron chi connectivity index (χ3n) is 1.20. The van der Waals surface area contributed by atoms with Gasteiger partial charge in [0.25, 0.3) is 0 Å². The molecule has 0 aliphatic carbocycles. The molecule has 0 unspecified atom stereocenters. The zero-order valence-electron chi connectivity index (χ0n) is 7.13. The van der Waals surface area contributed by atoms with Gasteiger partial charge >= 0.3 is 0 Å². The summed E-state index contributed by atoms with van der Waals surface area (Å²) < 4.78 is 4.58. The molecule has 0 saturated heterocycles. The van der Waals surface area contributed by atoms with Crippen LogP contribution in [0.2, 0.25) is 0 Å².